The maximum atomic E-state index is 12.6. The minimum Gasteiger partial charge on any atom is -0.335 e. The fourth-order valence-electron chi connectivity index (χ4n) is 3.65. The number of hydrogen-bond donors (Lipinski definition) is 3. The lowest BCUT2D eigenvalue weighted by Gasteiger charge is -2.26. The number of anilines is 2. The Morgan fingerprint density at radius 2 is 1.89 bits per heavy atom. The average molecular weight is 400 g/mol. The van der Waals surface area contributed by atoms with Gasteiger partial charge in [0.1, 0.15) is 0 Å². The van der Waals surface area contributed by atoms with E-state index >= 15 is 0 Å². The van der Waals surface area contributed by atoms with Gasteiger partial charge in [0, 0.05) is 29.6 Å². The van der Waals surface area contributed by atoms with Crippen LogP contribution in [0.2, 0.25) is 0 Å². The highest BCUT2D eigenvalue weighted by molar-refractivity contribution is 7.15. The van der Waals surface area contributed by atoms with Crippen molar-refractivity contribution in [1.82, 2.24) is 15.2 Å². The van der Waals surface area contributed by atoms with Crippen LogP contribution in [0.4, 0.5) is 20.4 Å². The molecule has 0 atom stereocenters. The summed E-state index contributed by atoms with van der Waals surface area (Å²) in [7, 11) is 0. The topological polar surface area (TPSA) is 86.4 Å². The zero-order valence-corrected chi connectivity index (χ0v) is 16.8. The summed E-state index contributed by atoms with van der Waals surface area (Å²) in [6.07, 6.45) is 5.15. The number of nitrogens with zero attached hydrogens (tertiary/aromatic N) is 2. The third-order valence-corrected chi connectivity index (χ3v) is 6.23. The van der Waals surface area contributed by atoms with Gasteiger partial charge in [0.15, 0.2) is 5.13 Å². The lowest BCUT2D eigenvalue weighted by atomic mass is 10.2. The number of aryl methyl sites for hydroxylation is 1. The predicted molar refractivity (Wildman–Crippen MR) is 111 cm³/mol. The minimum absolute atomic E-state index is 0.114. The molecule has 1 fully saturated rings. The Hall–Kier alpha value is -2.61. The van der Waals surface area contributed by atoms with Crippen molar-refractivity contribution in [3.63, 3.8) is 0 Å². The molecule has 148 valence electrons. The van der Waals surface area contributed by atoms with Gasteiger partial charge in [0.05, 0.1) is 12.2 Å². The monoisotopic (exact) mass is 399 g/mol. The van der Waals surface area contributed by atoms with Crippen LogP contribution in [0.1, 0.15) is 41.8 Å². The second kappa shape index (κ2) is 8.18. The lowest BCUT2D eigenvalue weighted by Crippen LogP contribution is -2.38. The van der Waals surface area contributed by atoms with E-state index in [9.17, 15) is 9.59 Å². The molecule has 2 heterocycles. The molecule has 3 N–H and O–H groups in total. The fraction of sp³-hybridized carbons (Fsp3) is 0.450. The number of carbonyl (C=O) groups is 2. The number of urea groups is 2. The van der Waals surface area contributed by atoms with E-state index in [1.165, 1.54) is 24.2 Å². The molecule has 1 saturated carbocycles. The Labute approximate surface area is 168 Å². The standard InChI is InChI=1S/C20H25N5O2S/c1-13-6-8-15(9-7-13)22-20(27)25-11-10-16-17(12-25)28-19(23-16)24-18(26)21-14-4-2-3-5-14/h6-9,14H,2-5,10-12H2,1H3,(H,22,27)(H2,21,23,24,26). The SMILES string of the molecule is Cc1ccc(NC(=O)N2CCc3nc(NC(=O)NC4CCCC4)sc3C2)cc1. The van der Waals surface area contributed by atoms with Gasteiger partial charge in [-0.15, -0.1) is 0 Å². The maximum Gasteiger partial charge on any atom is 0.322 e. The van der Waals surface area contributed by atoms with Crippen LogP contribution in [0.15, 0.2) is 24.3 Å². The van der Waals surface area contributed by atoms with Crippen molar-refractivity contribution in [3.8, 4) is 0 Å². The van der Waals surface area contributed by atoms with Crippen LogP contribution in [0.25, 0.3) is 0 Å². The summed E-state index contributed by atoms with van der Waals surface area (Å²) in [4.78, 5) is 32.1. The van der Waals surface area contributed by atoms with E-state index in [1.807, 2.05) is 31.2 Å². The number of nitrogens with one attached hydrogen (secondary N) is 3. The quantitative estimate of drug-likeness (QED) is 0.726. The third-order valence-electron chi connectivity index (χ3n) is 5.23. The second-order valence-electron chi connectivity index (χ2n) is 7.44. The molecule has 8 heteroatoms. The van der Waals surface area contributed by atoms with E-state index in [1.54, 1.807) is 4.90 Å². The van der Waals surface area contributed by atoms with Crippen molar-refractivity contribution in [2.75, 3.05) is 17.2 Å². The summed E-state index contributed by atoms with van der Waals surface area (Å²) in [5.74, 6) is 0. The number of thiazole rings is 1. The molecule has 28 heavy (non-hydrogen) atoms. The molecule has 0 bridgehead atoms. The summed E-state index contributed by atoms with van der Waals surface area (Å²) >= 11 is 1.45. The van der Waals surface area contributed by atoms with Crippen LogP contribution in [0.5, 0.6) is 0 Å². The van der Waals surface area contributed by atoms with Crippen LogP contribution >= 0.6 is 11.3 Å². The number of hydrogen-bond acceptors (Lipinski definition) is 4. The van der Waals surface area contributed by atoms with Gasteiger partial charge < -0.3 is 15.5 Å². The van der Waals surface area contributed by atoms with E-state index in [2.05, 4.69) is 20.9 Å². The summed E-state index contributed by atoms with van der Waals surface area (Å²) in [5.41, 5.74) is 2.92. The van der Waals surface area contributed by atoms with Crippen molar-refractivity contribution >= 4 is 34.2 Å². The Kier molecular flexibility index (Phi) is 5.47. The summed E-state index contributed by atoms with van der Waals surface area (Å²) in [5, 5.41) is 9.40. The molecule has 4 amide bonds. The zero-order valence-electron chi connectivity index (χ0n) is 16.0. The van der Waals surface area contributed by atoms with Gasteiger partial charge >= 0.3 is 12.1 Å². The van der Waals surface area contributed by atoms with Crippen LogP contribution in [-0.2, 0) is 13.0 Å². The molecule has 0 spiro atoms. The third kappa shape index (κ3) is 4.44. The molecular weight excluding hydrogens is 374 g/mol. The van der Waals surface area contributed by atoms with Gasteiger partial charge in [-0.05, 0) is 31.9 Å². The largest absolute Gasteiger partial charge is 0.335 e. The lowest BCUT2D eigenvalue weighted by molar-refractivity contribution is 0.207. The highest BCUT2D eigenvalue weighted by atomic mass is 32.1. The minimum atomic E-state index is -0.188. The summed E-state index contributed by atoms with van der Waals surface area (Å²) in [6.45, 7) is 3.14. The molecule has 4 rings (SSSR count). The van der Waals surface area contributed by atoms with E-state index in [0.29, 0.717) is 24.6 Å². The van der Waals surface area contributed by atoms with Crippen molar-refractivity contribution in [2.24, 2.45) is 0 Å². The van der Waals surface area contributed by atoms with Crippen LogP contribution in [0.3, 0.4) is 0 Å². The van der Waals surface area contributed by atoms with Crippen LogP contribution in [0, 0.1) is 6.92 Å². The molecule has 0 saturated heterocycles. The Morgan fingerprint density at radius 1 is 1.14 bits per heavy atom. The molecule has 0 radical (unpaired) electrons. The fourth-order valence-corrected chi connectivity index (χ4v) is 4.67. The number of benzene rings is 1. The van der Waals surface area contributed by atoms with Crippen molar-refractivity contribution in [2.45, 2.75) is 51.6 Å². The maximum absolute atomic E-state index is 12.6. The van der Waals surface area contributed by atoms with Gasteiger partial charge in [-0.2, -0.15) is 0 Å². The van der Waals surface area contributed by atoms with Crippen LogP contribution in [-0.4, -0.2) is 34.5 Å². The van der Waals surface area contributed by atoms with E-state index in [-0.39, 0.29) is 18.1 Å². The van der Waals surface area contributed by atoms with Gasteiger partial charge in [0.25, 0.3) is 0 Å². The number of aromatic nitrogens is 1. The summed E-state index contributed by atoms with van der Waals surface area (Å²) in [6, 6.07) is 7.73. The molecule has 2 aliphatic rings. The molecule has 1 aliphatic heterocycles. The number of fused-ring (bicyclic) bond motifs is 1. The zero-order chi connectivity index (χ0) is 19.5. The molecule has 1 aliphatic carbocycles. The number of rotatable bonds is 3. The first kappa shape index (κ1) is 18.7. The molecule has 1 aromatic heterocycles. The first-order chi connectivity index (χ1) is 13.6. The Balaban J connectivity index is 1.34. The molecular formula is C20H25N5O2S. The van der Waals surface area contributed by atoms with Crippen molar-refractivity contribution in [1.29, 1.82) is 0 Å². The highest BCUT2D eigenvalue weighted by Crippen LogP contribution is 2.29. The number of amides is 4. The Morgan fingerprint density at radius 3 is 2.64 bits per heavy atom. The van der Waals surface area contributed by atoms with Gasteiger partial charge in [-0.25, -0.2) is 14.6 Å². The average Bonchev–Trinajstić information content (AvgIpc) is 3.31. The second-order valence-corrected chi connectivity index (χ2v) is 8.52. The highest BCUT2D eigenvalue weighted by Gasteiger charge is 2.25. The van der Waals surface area contributed by atoms with Gasteiger partial charge in [-0.3, -0.25) is 5.32 Å². The number of carbonyl (C=O) groups excluding carboxylic acids is 2. The molecule has 2 aromatic rings. The van der Waals surface area contributed by atoms with Crippen molar-refractivity contribution in [3.05, 3.63) is 40.4 Å². The smallest absolute Gasteiger partial charge is 0.322 e. The summed E-state index contributed by atoms with van der Waals surface area (Å²) < 4.78 is 0. The normalized spacial score (nSPS) is 16.5. The Bertz CT molecular complexity index is 858. The molecule has 7 nitrogen and oxygen atoms in total. The first-order valence-electron chi connectivity index (χ1n) is 9.75. The van der Waals surface area contributed by atoms with Gasteiger partial charge in [-0.1, -0.05) is 41.9 Å². The van der Waals surface area contributed by atoms with Crippen LogP contribution < -0.4 is 16.0 Å². The van der Waals surface area contributed by atoms with Gasteiger partial charge in [0.2, 0.25) is 0 Å². The van der Waals surface area contributed by atoms with E-state index in [4.69, 9.17) is 0 Å². The van der Waals surface area contributed by atoms with E-state index < -0.39 is 0 Å². The molecule has 0 unspecified atom stereocenters. The molecule has 1 aromatic carbocycles. The first-order valence-corrected chi connectivity index (χ1v) is 10.6. The predicted octanol–water partition coefficient (Wildman–Crippen LogP) is 4.11. The van der Waals surface area contributed by atoms with Crippen molar-refractivity contribution < 1.29 is 9.59 Å². The van der Waals surface area contributed by atoms with E-state index in [0.717, 1.165) is 34.7 Å².